The van der Waals surface area contributed by atoms with E-state index in [1.165, 1.54) is 12.4 Å². The van der Waals surface area contributed by atoms with Gasteiger partial charge in [-0.3, -0.25) is 4.79 Å². The van der Waals surface area contributed by atoms with Gasteiger partial charge in [-0.25, -0.2) is 9.97 Å². The van der Waals surface area contributed by atoms with Crippen molar-refractivity contribution in [3.63, 3.8) is 0 Å². The molecule has 1 aliphatic heterocycles. The molecule has 1 aliphatic rings. The van der Waals surface area contributed by atoms with Crippen LogP contribution in [0.15, 0.2) is 36.0 Å². The Morgan fingerprint density at radius 1 is 1.48 bits per heavy atom. The van der Waals surface area contributed by atoms with Crippen LogP contribution in [-0.4, -0.2) is 40.0 Å². The number of amides is 1. The van der Waals surface area contributed by atoms with Gasteiger partial charge in [-0.15, -0.1) is 11.3 Å². The smallest absolute Gasteiger partial charge is 0.251 e. The summed E-state index contributed by atoms with van der Waals surface area (Å²) in [6, 6.07) is 5.86. The lowest BCUT2D eigenvalue weighted by atomic mass is 10.3. The molecule has 0 aliphatic carbocycles. The predicted molar refractivity (Wildman–Crippen MR) is 85.7 cm³/mol. The standard InChI is InChI=1S/C16H14N4O2S/c17-10-14-16(19-7-6-18-14)22-12-5-8-20(11-12)15(21)4-3-13-2-1-9-23-13/h1-4,6-7,9,12H,5,8,11H2. The van der Waals surface area contributed by atoms with Crippen LogP contribution in [0.4, 0.5) is 0 Å². The first kappa shape index (κ1) is 15.2. The van der Waals surface area contributed by atoms with Gasteiger partial charge in [-0.2, -0.15) is 5.26 Å². The monoisotopic (exact) mass is 326 g/mol. The summed E-state index contributed by atoms with van der Waals surface area (Å²) in [5, 5.41) is 11.0. The van der Waals surface area contributed by atoms with E-state index < -0.39 is 0 Å². The molecule has 0 N–H and O–H groups in total. The largest absolute Gasteiger partial charge is 0.470 e. The van der Waals surface area contributed by atoms with Gasteiger partial charge in [0.25, 0.3) is 5.88 Å². The van der Waals surface area contributed by atoms with Gasteiger partial charge in [0, 0.05) is 36.3 Å². The molecule has 1 fully saturated rings. The lowest BCUT2D eigenvalue weighted by molar-refractivity contribution is -0.125. The number of nitriles is 1. The quantitative estimate of drug-likeness (QED) is 0.804. The summed E-state index contributed by atoms with van der Waals surface area (Å²) in [6.07, 6.45) is 6.87. The third-order valence-corrected chi connectivity index (χ3v) is 4.28. The lowest BCUT2D eigenvalue weighted by Crippen LogP contribution is -2.29. The molecule has 0 radical (unpaired) electrons. The Morgan fingerprint density at radius 2 is 2.35 bits per heavy atom. The van der Waals surface area contributed by atoms with Gasteiger partial charge >= 0.3 is 0 Å². The summed E-state index contributed by atoms with van der Waals surface area (Å²) >= 11 is 1.59. The van der Waals surface area contributed by atoms with Crippen molar-refractivity contribution in [2.24, 2.45) is 0 Å². The van der Waals surface area contributed by atoms with Gasteiger partial charge in [0.05, 0.1) is 6.54 Å². The van der Waals surface area contributed by atoms with Crippen LogP contribution in [-0.2, 0) is 4.79 Å². The first-order valence-corrected chi connectivity index (χ1v) is 8.02. The van der Waals surface area contributed by atoms with E-state index in [0.29, 0.717) is 19.5 Å². The number of rotatable bonds is 4. The number of carbonyl (C=O) groups is 1. The van der Waals surface area contributed by atoms with Crippen LogP contribution in [0.25, 0.3) is 6.08 Å². The molecule has 2 aromatic rings. The van der Waals surface area contributed by atoms with Gasteiger partial charge in [0.2, 0.25) is 11.6 Å². The maximum atomic E-state index is 12.2. The zero-order valence-electron chi connectivity index (χ0n) is 12.3. The van der Waals surface area contributed by atoms with Crippen LogP contribution in [0.5, 0.6) is 5.88 Å². The summed E-state index contributed by atoms with van der Waals surface area (Å²) in [5.74, 6) is 0.188. The minimum absolute atomic E-state index is 0.0378. The summed E-state index contributed by atoms with van der Waals surface area (Å²) in [5.41, 5.74) is 0.162. The molecule has 1 atom stereocenters. The number of aromatic nitrogens is 2. The third kappa shape index (κ3) is 3.73. The Hall–Kier alpha value is -2.72. The van der Waals surface area contributed by atoms with E-state index in [1.807, 2.05) is 29.7 Å². The summed E-state index contributed by atoms with van der Waals surface area (Å²) in [4.78, 5) is 22.9. The molecule has 7 heteroatoms. The number of hydrogen-bond acceptors (Lipinski definition) is 6. The van der Waals surface area contributed by atoms with E-state index in [9.17, 15) is 4.79 Å². The molecule has 3 heterocycles. The number of thiophene rings is 1. The molecular formula is C16H14N4O2S. The Labute approximate surface area is 137 Å². The summed E-state index contributed by atoms with van der Waals surface area (Å²) in [6.45, 7) is 1.11. The molecule has 0 bridgehead atoms. The van der Waals surface area contributed by atoms with Crippen molar-refractivity contribution >= 4 is 23.3 Å². The molecule has 116 valence electrons. The molecule has 23 heavy (non-hydrogen) atoms. The fraction of sp³-hybridized carbons (Fsp3) is 0.250. The van der Waals surface area contributed by atoms with Crippen molar-refractivity contribution in [2.75, 3.05) is 13.1 Å². The Morgan fingerprint density at radius 3 is 3.13 bits per heavy atom. The van der Waals surface area contributed by atoms with Gasteiger partial charge < -0.3 is 9.64 Å². The van der Waals surface area contributed by atoms with Crippen LogP contribution >= 0.6 is 11.3 Å². The normalized spacial score (nSPS) is 17.3. The summed E-state index contributed by atoms with van der Waals surface area (Å²) < 4.78 is 5.72. The number of likely N-dealkylation sites (tertiary alicyclic amines) is 1. The highest BCUT2D eigenvalue weighted by Gasteiger charge is 2.27. The molecule has 1 saturated heterocycles. The molecule has 0 spiro atoms. The SMILES string of the molecule is N#Cc1nccnc1OC1CCN(C(=O)C=Cc2cccs2)C1. The third-order valence-electron chi connectivity index (χ3n) is 3.44. The van der Waals surface area contributed by atoms with E-state index in [1.54, 1.807) is 22.3 Å². The zero-order chi connectivity index (χ0) is 16.1. The Balaban J connectivity index is 1.58. The highest BCUT2D eigenvalue weighted by atomic mass is 32.1. The van der Waals surface area contributed by atoms with E-state index >= 15 is 0 Å². The number of ether oxygens (including phenoxy) is 1. The number of hydrogen-bond donors (Lipinski definition) is 0. The van der Waals surface area contributed by atoms with Gasteiger partial charge in [0.1, 0.15) is 12.2 Å². The van der Waals surface area contributed by atoms with Crippen LogP contribution in [0, 0.1) is 11.3 Å². The Kier molecular flexibility index (Phi) is 4.64. The fourth-order valence-corrected chi connectivity index (χ4v) is 2.93. The van der Waals surface area contributed by atoms with Crippen molar-refractivity contribution in [3.8, 4) is 11.9 Å². The zero-order valence-corrected chi connectivity index (χ0v) is 13.1. The minimum Gasteiger partial charge on any atom is -0.470 e. The second kappa shape index (κ2) is 7.03. The second-order valence-corrected chi connectivity index (χ2v) is 5.96. The van der Waals surface area contributed by atoms with E-state index in [2.05, 4.69) is 9.97 Å². The van der Waals surface area contributed by atoms with E-state index in [0.717, 1.165) is 4.88 Å². The molecule has 3 rings (SSSR count). The van der Waals surface area contributed by atoms with Gasteiger partial charge in [0.15, 0.2) is 0 Å². The van der Waals surface area contributed by atoms with Crippen LogP contribution in [0.2, 0.25) is 0 Å². The van der Waals surface area contributed by atoms with Crippen molar-refractivity contribution in [1.82, 2.24) is 14.9 Å². The molecule has 2 aromatic heterocycles. The number of nitrogens with zero attached hydrogens (tertiary/aromatic N) is 4. The minimum atomic E-state index is -0.169. The lowest BCUT2D eigenvalue weighted by Gasteiger charge is -2.15. The average Bonchev–Trinajstić information content (AvgIpc) is 3.25. The van der Waals surface area contributed by atoms with E-state index in [-0.39, 0.29) is 23.6 Å². The maximum absolute atomic E-state index is 12.2. The van der Waals surface area contributed by atoms with Crippen molar-refractivity contribution in [1.29, 1.82) is 5.26 Å². The first-order valence-electron chi connectivity index (χ1n) is 7.14. The predicted octanol–water partition coefficient (Wildman–Crippen LogP) is 2.10. The topological polar surface area (TPSA) is 79.1 Å². The molecule has 0 saturated carbocycles. The molecule has 1 unspecified atom stereocenters. The molecule has 6 nitrogen and oxygen atoms in total. The average molecular weight is 326 g/mol. The van der Waals surface area contributed by atoms with Crippen molar-refractivity contribution in [3.05, 3.63) is 46.6 Å². The van der Waals surface area contributed by atoms with Crippen molar-refractivity contribution in [2.45, 2.75) is 12.5 Å². The number of carbonyl (C=O) groups excluding carboxylic acids is 1. The van der Waals surface area contributed by atoms with Crippen LogP contribution in [0.3, 0.4) is 0 Å². The molecule has 1 amide bonds. The first-order chi connectivity index (χ1) is 11.3. The maximum Gasteiger partial charge on any atom is 0.251 e. The van der Waals surface area contributed by atoms with Crippen LogP contribution < -0.4 is 4.74 Å². The van der Waals surface area contributed by atoms with Gasteiger partial charge in [-0.05, 0) is 17.5 Å². The van der Waals surface area contributed by atoms with Crippen LogP contribution in [0.1, 0.15) is 17.0 Å². The molecule has 0 aromatic carbocycles. The molecular weight excluding hydrogens is 312 g/mol. The highest BCUT2D eigenvalue weighted by molar-refractivity contribution is 7.10. The second-order valence-electron chi connectivity index (χ2n) is 4.98. The fourth-order valence-electron chi connectivity index (χ4n) is 2.32. The Bertz CT molecular complexity index is 752. The summed E-state index contributed by atoms with van der Waals surface area (Å²) in [7, 11) is 0. The highest BCUT2D eigenvalue weighted by Crippen LogP contribution is 2.19. The van der Waals surface area contributed by atoms with Gasteiger partial charge in [-0.1, -0.05) is 6.07 Å². The van der Waals surface area contributed by atoms with E-state index in [4.69, 9.17) is 10.00 Å². The van der Waals surface area contributed by atoms with Crippen molar-refractivity contribution < 1.29 is 9.53 Å².